The number of hydrogen-bond donors (Lipinski definition) is 1. The van der Waals surface area contributed by atoms with E-state index in [1.54, 1.807) is 6.92 Å². The zero-order valence-electron chi connectivity index (χ0n) is 14.9. The fraction of sp³-hybridized carbons (Fsp3) is 0.167. The molecule has 1 amide bonds. The standard InChI is InChI=1S/C18H14F4N4O3/c1-10-15(16(27)23-11-3-2-4-14(9-11)29-18(21)22)24-25-26(10)12-5-7-13(8-6-12)28-17(19)20/h2-9,17-18H,1H3,(H,23,27). The van der Waals surface area contributed by atoms with Gasteiger partial charge in [-0.25, -0.2) is 4.68 Å². The molecule has 0 atom stereocenters. The number of nitrogens with one attached hydrogen (secondary N) is 1. The maximum Gasteiger partial charge on any atom is 0.387 e. The molecule has 0 aliphatic heterocycles. The molecule has 3 aromatic rings. The van der Waals surface area contributed by atoms with E-state index in [0.717, 1.165) is 0 Å². The first-order valence-electron chi connectivity index (χ1n) is 8.17. The predicted molar refractivity (Wildman–Crippen MR) is 93.8 cm³/mol. The summed E-state index contributed by atoms with van der Waals surface area (Å²) >= 11 is 0. The van der Waals surface area contributed by atoms with E-state index in [0.29, 0.717) is 11.4 Å². The summed E-state index contributed by atoms with van der Waals surface area (Å²) in [4.78, 5) is 12.5. The van der Waals surface area contributed by atoms with Crippen LogP contribution in [-0.4, -0.2) is 34.1 Å². The summed E-state index contributed by atoms with van der Waals surface area (Å²) in [6, 6.07) is 11.1. The monoisotopic (exact) mass is 410 g/mol. The molecule has 29 heavy (non-hydrogen) atoms. The van der Waals surface area contributed by atoms with Gasteiger partial charge in [0.2, 0.25) is 0 Å². The Hall–Kier alpha value is -3.63. The number of hydrogen-bond acceptors (Lipinski definition) is 5. The molecule has 1 N–H and O–H groups in total. The number of carbonyl (C=O) groups excluding carboxylic acids is 1. The number of benzene rings is 2. The molecule has 0 fully saturated rings. The Labute approximate surface area is 161 Å². The number of ether oxygens (including phenoxy) is 2. The van der Waals surface area contributed by atoms with Gasteiger partial charge in [-0.15, -0.1) is 5.10 Å². The topological polar surface area (TPSA) is 78.3 Å². The van der Waals surface area contributed by atoms with E-state index < -0.39 is 19.1 Å². The van der Waals surface area contributed by atoms with Crippen molar-refractivity contribution in [1.29, 1.82) is 0 Å². The van der Waals surface area contributed by atoms with E-state index in [4.69, 9.17) is 0 Å². The van der Waals surface area contributed by atoms with E-state index in [1.165, 1.54) is 53.2 Å². The lowest BCUT2D eigenvalue weighted by Gasteiger charge is -2.08. The SMILES string of the molecule is Cc1c(C(=O)Nc2cccc(OC(F)F)c2)nnn1-c1ccc(OC(F)F)cc1. The average Bonchev–Trinajstić information content (AvgIpc) is 3.03. The molecule has 0 saturated carbocycles. The van der Waals surface area contributed by atoms with Gasteiger partial charge in [-0.05, 0) is 43.3 Å². The number of nitrogens with zero attached hydrogens (tertiary/aromatic N) is 3. The van der Waals surface area contributed by atoms with Crippen LogP contribution >= 0.6 is 0 Å². The number of halogens is 4. The van der Waals surface area contributed by atoms with Crippen molar-refractivity contribution in [2.24, 2.45) is 0 Å². The second-order valence-corrected chi connectivity index (χ2v) is 5.67. The second-order valence-electron chi connectivity index (χ2n) is 5.67. The van der Waals surface area contributed by atoms with Crippen LogP contribution in [0.25, 0.3) is 5.69 Å². The van der Waals surface area contributed by atoms with E-state index in [9.17, 15) is 22.4 Å². The Bertz CT molecular complexity index is 993. The van der Waals surface area contributed by atoms with Crippen molar-refractivity contribution < 1.29 is 31.8 Å². The minimum absolute atomic E-state index is 0.00177. The molecule has 2 aromatic carbocycles. The Kier molecular flexibility index (Phi) is 5.96. The van der Waals surface area contributed by atoms with Gasteiger partial charge in [0.05, 0.1) is 11.4 Å². The Morgan fingerprint density at radius 3 is 2.31 bits per heavy atom. The highest BCUT2D eigenvalue weighted by Crippen LogP contribution is 2.21. The van der Waals surface area contributed by atoms with Crippen LogP contribution < -0.4 is 14.8 Å². The summed E-state index contributed by atoms with van der Waals surface area (Å²) in [6.45, 7) is -4.33. The van der Waals surface area contributed by atoms with Crippen molar-refractivity contribution in [3.05, 3.63) is 59.9 Å². The van der Waals surface area contributed by atoms with Gasteiger partial charge in [-0.1, -0.05) is 11.3 Å². The largest absolute Gasteiger partial charge is 0.435 e. The van der Waals surface area contributed by atoms with Crippen LogP contribution in [0.3, 0.4) is 0 Å². The van der Waals surface area contributed by atoms with Gasteiger partial charge in [0.1, 0.15) is 11.5 Å². The van der Waals surface area contributed by atoms with Gasteiger partial charge >= 0.3 is 13.2 Å². The van der Waals surface area contributed by atoms with Crippen molar-refractivity contribution in [3.8, 4) is 17.2 Å². The number of carbonyl (C=O) groups is 1. The van der Waals surface area contributed by atoms with E-state index >= 15 is 0 Å². The van der Waals surface area contributed by atoms with Gasteiger partial charge in [0.15, 0.2) is 5.69 Å². The van der Waals surface area contributed by atoms with Gasteiger partial charge < -0.3 is 14.8 Å². The van der Waals surface area contributed by atoms with Crippen LogP contribution in [0.15, 0.2) is 48.5 Å². The molecule has 0 radical (unpaired) electrons. The average molecular weight is 410 g/mol. The highest BCUT2D eigenvalue weighted by Gasteiger charge is 2.18. The van der Waals surface area contributed by atoms with Crippen LogP contribution in [0.1, 0.15) is 16.2 Å². The first kappa shape index (κ1) is 20.1. The van der Waals surface area contributed by atoms with Crippen molar-refractivity contribution in [1.82, 2.24) is 15.0 Å². The zero-order valence-corrected chi connectivity index (χ0v) is 14.9. The van der Waals surface area contributed by atoms with Crippen molar-refractivity contribution in [3.63, 3.8) is 0 Å². The second kappa shape index (κ2) is 8.59. The number of rotatable bonds is 7. The Morgan fingerprint density at radius 1 is 1.00 bits per heavy atom. The van der Waals surface area contributed by atoms with Crippen LogP contribution in [-0.2, 0) is 0 Å². The van der Waals surface area contributed by atoms with Crippen LogP contribution in [0, 0.1) is 6.92 Å². The van der Waals surface area contributed by atoms with Gasteiger partial charge in [0.25, 0.3) is 5.91 Å². The van der Waals surface area contributed by atoms with Crippen LogP contribution in [0.4, 0.5) is 23.2 Å². The molecule has 152 valence electrons. The molecule has 0 spiro atoms. The molecule has 7 nitrogen and oxygen atoms in total. The molecule has 0 unspecified atom stereocenters. The summed E-state index contributed by atoms with van der Waals surface area (Å²) in [6.07, 6.45) is 0. The highest BCUT2D eigenvalue weighted by atomic mass is 19.3. The smallest absolute Gasteiger partial charge is 0.387 e. The fourth-order valence-electron chi connectivity index (χ4n) is 2.49. The lowest BCUT2D eigenvalue weighted by Crippen LogP contribution is -2.14. The third-order valence-electron chi connectivity index (χ3n) is 3.73. The van der Waals surface area contributed by atoms with Crippen molar-refractivity contribution >= 4 is 11.6 Å². The summed E-state index contributed by atoms with van der Waals surface area (Å²) in [5.74, 6) is -0.740. The Morgan fingerprint density at radius 2 is 1.66 bits per heavy atom. The normalized spacial score (nSPS) is 11.0. The van der Waals surface area contributed by atoms with Crippen molar-refractivity contribution in [2.45, 2.75) is 20.1 Å². The van der Waals surface area contributed by atoms with Gasteiger partial charge in [-0.2, -0.15) is 17.6 Å². The summed E-state index contributed by atoms with van der Waals surface area (Å²) < 4.78 is 59.0. The Balaban J connectivity index is 1.76. The molecule has 0 aliphatic carbocycles. The molecule has 0 bridgehead atoms. The third-order valence-corrected chi connectivity index (χ3v) is 3.73. The first-order chi connectivity index (χ1) is 13.8. The number of amides is 1. The molecule has 11 heteroatoms. The molecule has 0 saturated heterocycles. The maximum atomic E-state index is 12.5. The third kappa shape index (κ3) is 5.00. The summed E-state index contributed by atoms with van der Waals surface area (Å²) in [5, 5.41) is 10.2. The van der Waals surface area contributed by atoms with Crippen LogP contribution in [0.5, 0.6) is 11.5 Å². The van der Waals surface area contributed by atoms with Crippen LogP contribution in [0.2, 0.25) is 0 Å². The fourth-order valence-corrected chi connectivity index (χ4v) is 2.49. The number of aromatic nitrogens is 3. The summed E-state index contributed by atoms with van der Waals surface area (Å²) in [7, 11) is 0. The minimum Gasteiger partial charge on any atom is -0.435 e. The first-order valence-corrected chi connectivity index (χ1v) is 8.17. The molecule has 0 aliphatic rings. The van der Waals surface area contributed by atoms with Crippen molar-refractivity contribution in [2.75, 3.05) is 5.32 Å². The number of anilines is 1. The lowest BCUT2D eigenvalue weighted by molar-refractivity contribution is -0.0505. The minimum atomic E-state index is -2.99. The van der Waals surface area contributed by atoms with E-state index in [1.807, 2.05) is 0 Å². The molecular formula is C18H14F4N4O3. The van der Waals surface area contributed by atoms with Gasteiger partial charge in [-0.3, -0.25) is 4.79 Å². The van der Waals surface area contributed by atoms with E-state index in [-0.39, 0.29) is 22.9 Å². The number of alkyl halides is 4. The lowest BCUT2D eigenvalue weighted by atomic mass is 10.2. The summed E-state index contributed by atoms with van der Waals surface area (Å²) in [5.41, 5.74) is 1.08. The quantitative estimate of drug-likeness (QED) is 0.595. The molecular weight excluding hydrogens is 396 g/mol. The van der Waals surface area contributed by atoms with E-state index in [2.05, 4.69) is 25.1 Å². The molecule has 3 rings (SSSR count). The molecule has 1 aromatic heterocycles. The maximum absolute atomic E-state index is 12.5. The van der Waals surface area contributed by atoms with Gasteiger partial charge in [0, 0.05) is 11.8 Å². The molecule has 1 heterocycles. The predicted octanol–water partition coefficient (Wildman–Crippen LogP) is 4.03. The highest BCUT2D eigenvalue weighted by molar-refractivity contribution is 6.03. The zero-order chi connectivity index (χ0) is 21.0.